The molecule has 0 radical (unpaired) electrons. The van der Waals surface area contributed by atoms with Crippen LogP contribution >= 0.6 is 11.6 Å². The number of benzene rings is 1. The maximum Gasteiger partial charge on any atom is 0.319 e. The zero-order chi connectivity index (χ0) is 21.2. The molecule has 2 aromatic rings. The molecule has 0 bridgehead atoms. The number of carbonyl (C=O) groups is 1. The van der Waals surface area contributed by atoms with Gasteiger partial charge in [0.15, 0.2) is 0 Å². The fourth-order valence-electron chi connectivity index (χ4n) is 3.65. The summed E-state index contributed by atoms with van der Waals surface area (Å²) in [4.78, 5) is 16.3. The standard InChI is InChI=1S/C21H25ClFN3O3/c1-12-6-16(23)17(25-20(28)24-14-10-21(2,3)11-14)9-15(12)13-7-18(22)26-19(8-13)29-5-4-27/h6-9,14,27H,4-5,10-11H2,1-3H3,(H2,24,25,28). The Labute approximate surface area is 174 Å². The maximum atomic E-state index is 14.5. The minimum Gasteiger partial charge on any atom is -0.475 e. The second-order valence-electron chi connectivity index (χ2n) is 8.10. The number of hydrogen-bond acceptors (Lipinski definition) is 4. The normalized spacial score (nSPS) is 15.5. The molecule has 1 aromatic heterocycles. The van der Waals surface area contributed by atoms with E-state index in [0.717, 1.165) is 12.8 Å². The Bertz CT molecular complexity index is 912. The smallest absolute Gasteiger partial charge is 0.319 e. The molecule has 3 N–H and O–H groups in total. The van der Waals surface area contributed by atoms with Gasteiger partial charge in [0.05, 0.1) is 12.3 Å². The van der Waals surface area contributed by atoms with E-state index in [4.69, 9.17) is 21.4 Å². The number of amides is 2. The van der Waals surface area contributed by atoms with Crippen molar-refractivity contribution < 1.29 is 19.0 Å². The van der Waals surface area contributed by atoms with E-state index in [-0.39, 0.29) is 41.4 Å². The number of aromatic nitrogens is 1. The summed E-state index contributed by atoms with van der Waals surface area (Å²) in [6.45, 7) is 5.99. The van der Waals surface area contributed by atoms with Gasteiger partial charge >= 0.3 is 6.03 Å². The number of rotatable bonds is 6. The molecule has 1 fully saturated rings. The first-order chi connectivity index (χ1) is 13.7. The van der Waals surface area contributed by atoms with E-state index >= 15 is 0 Å². The third-order valence-corrected chi connectivity index (χ3v) is 5.11. The molecule has 1 aliphatic carbocycles. The van der Waals surface area contributed by atoms with E-state index in [1.807, 2.05) is 0 Å². The van der Waals surface area contributed by atoms with Gasteiger partial charge in [0.1, 0.15) is 17.6 Å². The van der Waals surface area contributed by atoms with Gasteiger partial charge < -0.3 is 20.5 Å². The third-order valence-electron chi connectivity index (χ3n) is 4.92. The van der Waals surface area contributed by atoms with Crippen molar-refractivity contribution in [3.63, 3.8) is 0 Å². The van der Waals surface area contributed by atoms with Crippen LogP contribution in [0.4, 0.5) is 14.9 Å². The minimum absolute atomic E-state index is 0.0763. The van der Waals surface area contributed by atoms with Crippen LogP contribution in [0.1, 0.15) is 32.3 Å². The first-order valence-corrected chi connectivity index (χ1v) is 9.84. The molecule has 6 nitrogen and oxygen atoms in total. The van der Waals surface area contributed by atoms with E-state index in [2.05, 4.69) is 29.5 Å². The lowest BCUT2D eigenvalue weighted by Gasteiger charge is -2.42. The van der Waals surface area contributed by atoms with E-state index < -0.39 is 11.8 Å². The molecule has 2 amide bonds. The molecule has 0 aliphatic heterocycles. The molecular weight excluding hydrogens is 397 g/mol. The fraction of sp³-hybridized carbons (Fsp3) is 0.429. The lowest BCUT2D eigenvalue weighted by atomic mass is 9.68. The highest BCUT2D eigenvalue weighted by Crippen LogP contribution is 2.39. The van der Waals surface area contributed by atoms with Crippen LogP contribution in [0.15, 0.2) is 24.3 Å². The van der Waals surface area contributed by atoms with Crippen LogP contribution in [-0.2, 0) is 0 Å². The van der Waals surface area contributed by atoms with Gasteiger partial charge in [-0.2, -0.15) is 0 Å². The van der Waals surface area contributed by atoms with Crippen molar-refractivity contribution in [1.82, 2.24) is 10.3 Å². The van der Waals surface area contributed by atoms with Crippen LogP contribution in [0, 0.1) is 18.2 Å². The van der Waals surface area contributed by atoms with Gasteiger partial charge in [-0.25, -0.2) is 14.2 Å². The molecule has 1 heterocycles. The number of aliphatic hydroxyl groups is 1. The minimum atomic E-state index is -0.521. The molecular formula is C21H25ClFN3O3. The molecule has 0 unspecified atom stereocenters. The Balaban J connectivity index is 1.80. The fourth-order valence-corrected chi connectivity index (χ4v) is 3.85. The number of anilines is 1. The summed E-state index contributed by atoms with van der Waals surface area (Å²) in [5.41, 5.74) is 2.33. The number of halogens is 2. The molecule has 1 aromatic carbocycles. The first kappa shape index (κ1) is 21.3. The number of urea groups is 1. The molecule has 1 saturated carbocycles. The second kappa shape index (κ2) is 8.55. The van der Waals surface area contributed by atoms with Crippen molar-refractivity contribution in [1.29, 1.82) is 0 Å². The third kappa shape index (κ3) is 5.36. The molecule has 0 atom stereocenters. The summed E-state index contributed by atoms with van der Waals surface area (Å²) in [6.07, 6.45) is 1.79. The van der Waals surface area contributed by atoms with Gasteiger partial charge in [-0.05, 0) is 60.1 Å². The zero-order valence-corrected chi connectivity index (χ0v) is 17.4. The van der Waals surface area contributed by atoms with E-state index in [0.29, 0.717) is 16.7 Å². The number of nitrogens with one attached hydrogen (secondary N) is 2. The van der Waals surface area contributed by atoms with Crippen LogP contribution in [-0.4, -0.2) is 35.4 Å². The lowest BCUT2D eigenvalue weighted by Crippen LogP contribution is -2.49. The van der Waals surface area contributed by atoms with Crippen LogP contribution in [0.5, 0.6) is 5.88 Å². The molecule has 3 rings (SSSR count). The molecule has 1 aliphatic rings. The van der Waals surface area contributed by atoms with Gasteiger partial charge in [-0.15, -0.1) is 0 Å². The predicted octanol–water partition coefficient (Wildman–Crippen LogP) is 4.53. The number of aryl methyl sites for hydroxylation is 1. The number of aliphatic hydroxyl groups excluding tert-OH is 1. The molecule has 0 saturated heterocycles. The van der Waals surface area contributed by atoms with E-state index in [1.165, 1.54) is 6.07 Å². The van der Waals surface area contributed by atoms with Crippen LogP contribution < -0.4 is 15.4 Å². The van der Waals surface area contributed by atoms with Crippen LogP contribution in [0.25, 0.3) is 11.1 Å². The Morgan fingerprint density at radius 2 is 2.07 bits per heavy atom. The summed E-state index contributed by atoms with van der Waals surface area (Å²) in [7, 11) is 0. The number of pyridine rings is 1. The zero-order valence-electron chi connectivity index (χ0n) is 16.7. The summed E-state index contributed by atoms with van der Waals surface area (Å²) < 4.78 is 19.8. The predicted molar refractivity (Wildman–Crippen MR) is 111 cm³/mol. The SMILES string of the molecule is Cc1cc(F)c(NC(=O)NC2CC(C)(C)C2)cc1-c1cc(Cl)nc(OCCO)c1. The van der Waals surface area contributed by atoms with Crippen molar-refractivity contribution >= 4 is 23.3 Å². The topological polar surface area (TPSA) is 83.5 Å². The summed E-state index contributed by atoms with van der Waals surface area (Å²) in [5, 5.41) is 14.6. The van der Waals surface area contributed by atoms with E-state index in [1.54, 1.807) is 25.1 Å². The lowest BCUT2D eigenvalue weighted by molar-refractivity contribution is 0.132. The van der Waals surface area contributed by atoms with E-state index in [9.17, 15) is 9.18 Å². The Morgan fingerprint density at radius 3 is 2.72 bits per heavy atom. The number of nitrogens with zero attached hydrogens (tertiary/aromatic N) is 1. The molecule has 29 heavy (non-hydrogen) atoms. The number of hydrogen-bond donors (Lipinski definition) is 3. The van der Waals surface area contributed by atoms with Gasteiger partial charge in [0.25, 0.3) is 0 Å². The van der Waals surface area contributed by atoms with Gasteiger partial charge in [-0.3, -0.25) is 0 Å². The summed E-state index contributed by atoms with van der Waals surface area (Å²) in [5.74, 6) is -0.266. The largest absolute Gasteiger partial charge is 0.475 e. The number of carbonyl (C=O) groups excluding carboxylic acids is 1. The van der Waals surface area contributed by atoms with Crippen molar-refractivity contribution in [2.24, 2.45) is 5.41 Å². The molecule has 156 valence electrons. The van der Waals surface area contributed by atoms with Crippen LogP contribution in [0.2, 0.25) is 5.15 Å². The first-order valence-electron chi connectivity index (χ1n) is 9.46. The molecule has 0 spiro atoms. The van der Waals surface area contributed by atoms with Crippen molar-refractivity contribution in [3.05, 3.63) is 40.8 Å². The Hall–Kier alpha value is -2.38. The molecule has 8 heteroatoms. The highest BCUT2D eigenvalue weighted by Gasteiger charge is 2.36. The number of ether oxygens (including phenoxy) is 1. The van der Waals surface area contributed by atoms with Gasteiger partial charge in [0, 0.05) is 12.1 Å². The average Bonchev–Trinajstić information content (AvgIpc) is 2.60. The maximum absolute atomic E-state index is 14.5. The van der Waals surface area contributed by atoms with Gasteiger partial charge in [-0.1, -0.05) is 25.4 Å². The van der Waals surface area contributed by atoms with Crippen molar-refractivity contribution in [2.45, 2.75) is 39.7 Å². The van der Waals surface area contributed by atoms with Gasteiger partial charge in [0.2, 0.25) is 5.88 Å². The van der Waals surface area contributed by atoms with Crippen molar-refractivity contribution in [3.8, 4) is 17.0 Å². The Kier molecular flexibility index (Phi) is 6.29. The summed E-state index contributed by atoms with van der Waals surface area (Å²) in [6, 6.07) is 5.88. The van der Waals surface area contributed by atoms with Crippen LogP contribution in [0.3, 0.4) is 0 Å². The highest BCUT2D eigenvalue weighted by atomic mass is 35.5. The van der Waals surface area contributed by atoms with Crippen molar-refractivity contribution in [2.75, 3.05) is 18.5 Å². The summed E-state index contributed by atoms with van der Waals surface area (Å²) >= 11 is 6.08. The average molecular weight is 422 g/mol. The highest BCUT2D eigenvalue weighted by molar-refractivity contribution is 6.29. The Morgan fingerprint density at radius 1 is 1.34 bits per heavy atom. The monoisotopic (exact) mass is 421 g/mol. The second-order valence-corrected chi connectivity index (χ2v) is 8.49. The quantitative estimate of drug-likeness (QED) is 0.598.